The van der Waals surface area contributed by atoms with Crippen molar-refractivity contribution in [2.45, 2.75) is 37.0 Å². The molecule has 164 valence electrons. The van der Waals surface area contributed by atoms with Crippen molar-refractivity contribution in [2.75, 3.05) is 24.8 Å². The van der Waals surface area contributed by atoms with Crippen molar-refractivity contribution >= 4 is 41.6 Å². The fraction of sp³-hybridized carbons (Fsp3) is 0.400. The van der Waals surface area contributed by atoms with Crippen LogP contribution in [0.15, 0.2) is 24.3 Å². The summed E-state index contributed by atoms with van der Waals surface area (Å²) >= 11 is 0. The third-order valence-corrected chi connectivity index (χ3v) is 9.82. The third-order valence-electron chi connectivity index (χ3n) is 5.53. The van der Waals surface area contributed by atoms with Gasteiger partial charge in [0.2, 0.25) is 0 Å². The molecular weight excluding hydrogens is 419 g/mol. The van der Waals surface area contributed by atoms with E-state index in [9.17, 15) is 14.2 Å². The van der Waals surface area contributed by atoms with Gasteiger partial charge < -0.3 is 25.7 Å². The SMILES string of the molecule is CNC(=O)Nc1cc(Nc2ccc(P(=O)(C3CC3)C3CC3)cc2OC)c(C(N)=O)nn1. The van der Waals surface area contributed by atoms with E-state index in [-0.39, 0.29) is 28.5 Å². The van der Waals surface area contributed by atoms with Crippen LogP contribution in [0.4, 0.5) is 22.0 Å². The molecule has 0 atom stereocenters. The Bertz CT molecular complexity index is 1070. The molecule has 11 heteroatoms. The highest BCUT2D eigenvalue weighted by Gasteiger charge is 2.51. The van der Waals surface area contributed by atoms with Crippen LogP contribution in [0.25, 0.3) is 0 Å². The highest BCUT2D eigenvalue weighted by molar-refractivity contribution is 7.73. The van der Waals surface area contributed by atoms with Crippen molar-refractivity contribution < 1.29 is 18.9 Å². The fourth-order valence-corrected chi connectivity index (χ4v) is 7.59. The quantitative estimate of drug-likeness (QED) is 0.457. The molecule has 2 aliphatic rings. The Morgan fingerprint density at radius 1 is 1.10 bits per heavy atom. The second kappa shape index (κ2) is 8.19. The first-order valence-electron chi connectivity index (χ1n) is 10.1. The summed E-state index contributed by atoms with van der Waals surface area (Å²) in [5, 5.41) is 16.5. The molecule has 5 N–H and O–H groups in total. The summed E-state index contributed by atoms with van der Waals surface area (Å²) in [6.45, 7) is 0. The largest absolute Gasteiger partial charge is 0.495 e. The maximum Gasteiger partial charge on any atom is 0.320 e. The van der Waals surface area contributed by atoms with Crippen molar-refractivity contribution in [3.8, 4) is 5.75 Å². The Hall–Kier alpha value is -3.13. The number of aromatic nitrogens is 2. The first-order valence-corrected chi connectivity index (χ1v) is 11.9. The minimum Gasteiger partial charge on any atom is -0.495 e. The molecule has 0 bridgehead atoms. The number of urea groups is 1. The molecule has 0 saturated heterocycles. The second-order valence-electron chi connectivity index (χ2n) is 7.74. The van der Waals surface area contributed by atoms with Crippen LogP contribution >= 0.6 is 7.14 Å². The molecule has 2 aromatic rings. The minimum absolute atomic E-state index is 0.0878. The molecule has 1 heterocycles. The second-order valence-corrected chi connectivity index (χ2v) is 11.1. The molecule has 0 aliphatic heterocycles. The maximum absolute atomic E-state index is 13.8. The molecule has 3 amide bonds. The van der Waals surface area contributed by atoms with E-state index in [1.807, 2.05) is 12.1 Å². The molecule has 31 heavy (non-hydrogen) atoms. The van der Waals surface area contributed by atoms with Crippen molar-refractivity contribution in [2.24, 2.45) is 5.73 Å². The number of anilines is 3. The van der Waals surface area contributed by atoms with Crippen LogP contribution in [0, 0.1) is 0 Å². The van der Waals surface area contributed by atoms with E-state index in [1.54, 1.807) is 6.07 Å². The normalized spacial score (nSPS) is 15.8. The van der Waals surface area contributed by atoms with Gasteiger partial charge in [-0.3, -0.25) is 10.1 Å². The van der Waals surface area contributed by atoms with E-state index in [1.165, 1.54) is 20.2 Å². The lowest BCUT2D eigenvalue weighted by molar-refractivity contribution is 0.0995. The van der Waals surface area contributed by atoms with Crippen LogP contribution in [-0.4, -0.2) is 47.6 Å². The topological polar surface area (TPSA) is 148 Å². The number of amides is 3. The molecule has 2 fully saturated rings. The number of rotatable bonds is 8. The summed E-state index contributed by atoms with van der Waals surface area (Å²) in [6, 6.07) is 6.44. The van der Waals surface area contributed by atoms with Crippen LogP contribution in [0.1, 0.15) is 36.2 Å². The third kappa shape index (κ3) is 4.20. The lowest BCUT2D eigenvalue weighted by Gasteiger charge is -2.20. The lowest BCUT2D eigenvalue weighted by Crippen LogP contribution is -2.25. The van der Waals surface area contributed by atoms with Gasteiger partial charge in [0.25, 0.3) is 5.91 Å². The number of carbonyl (C=O) groups excluding carboxylic acids is 2. The average molecular weight is 444 g/mol. The smallest absolute Gasteiger partial charge is 0.320 e. The Morgan fingerprint density at radius 2 is 1.77 bits per heavy atom. The van der Waals surface area contributed by atoms with Crippen molar-refractivity contribution in [3.05, 3.63) is 30.0 Å². The first-order chi connectivity index (χ1) is 14.9. The van der Waals surface area contributed by atoms with Crippen molar-refractivity contribution in [1.82, 2.24) is 15.5 Å². The average Bonchev–Trinajstić information content (AvgIpc) is 3.65. The molecule has 4 rings (SSSR count). The number of ether oxygens (including phenoxy) is 1. The number of benzene rings is 1. The molecule has 0 radical (unpaired) electrons. The molecule has 1 aromatic heterocycles. The monoisotopic (exact) mass is 444 g/mol. The van der Waals surface area contributed by atoms with E-state index < -0.39 is 19.1 Å². The van der Waals surface area contributed by atoms with Crippen LogP contribution in [0.3, 0.4) is 0 Å². The Labute approximate surface area is 179 Å². The van der Waals surface area contributed by atoms with Gasteiger partial charge in [-0.1, -0.05) is 0 Å². The van der Waals surface area contributed by atoms with Gasteiger partial charge in [-0.2, -0.15) is 0 Å². The van der Waals surface area contributed by atoms with Gasteiger partial charge in [-0.15, -0.1) is 10.2 Å². The summed E-state index contributed by atoms with van der Waals surface area (Å²) < 4.78 is 19.3. The summed E-state index contributed by atoms with van der Waals surface area (Å²) in [5.74, 6) is -0.148. The summed E-state index contributed by atoms with van der Waals surface area (Å²) in [7, 11) is 0.549. The molecule has 2 aliphatic carbocycles. The minimum atomic E-state index is -2.45. The number of nitrogens with zero attached hydrogens (tertiary/aromatic N) is 2. The fourth-order valence-electron chi connectivity index (χ4n) is 3.69. The zero-order chi connectivity index (χ0) is 22.2. The zero-order valence-electron chi connectivity index (χ0n) is 17.3. The number of primary amides is 1. The Balaban J connectivity index is 1.67. The predicted octanol–water partition coefficient (Wildman–Crippen LogP) is 2.39. The lowest BCUT2D eigenvalue weighted by atomic mass is 10.2. The van der Waals surface area contributed by atoms with E-state index in [2.05, 4.69) is 26.1 Å². The van der Waals surface area contributed by atoms with Crippen LogP contribution in [-0.2, 0) is 4.57 Å². The van der Waals surface area contributed by atoms with Crippen LogP contribution in [0.2, 0.25) is 0 Å². The van der Waals surface area contributed by atoms with Gasteiger partial charge in [0.05, 0.1) is 18.5 Å². The van der Waals surface area contributed by atoms with Gasteiger partial charge >= 0.3 is 6.03 Å². The molecular formula is C20H25N6O4P. The predicted molar refractivity (Wildman–Crippen MR) is 118 cm³/mol. The molecule has 0 spiro atoms. The van der Waals surface area contributed by atoms with E-state index in [4.69, 9.17) is 10.5 Å². The molecule has 10 nitrogen and oxygen atoms in total. The highest BCUT2D eigenvalue weighted by Crippen LogP contribution is 2.69. The van der Waals surface area contributed by atoms with Gasteiger partial charge in [-0.05, 0) is 43.9 Å². The van der Waals surface area contributed by atoms with E-state index in [0.717, 1.165) is 31.0 Å². The number of methoxy groups -OCH3 is 1. The molecule has 1 aromatic carbocycles. The van der Waals surface area contributed by atoms with Crippen LogP contribution in [0.5, 0.6) is 5.75 Å². The van der Waals surface area contributed by atoms with Gasteiger partial charge in [0, 0.05) is 29.7 Å². The molecule has 0 unspecified atom stereocenters. The Kier molecular flexibility index (Phi) is 5.58. The maximum atomic E-state index is 13.8. The van der Waals surface area contributed by atoms with Gasteiger partial charge in [-0.25, -0.2) is 4.79 Å². The number of nitrogens with two attached hydrogens (primary N) is 1. The summed E-state index contributed by atoms with van der Waals surface area (Å²) in [5.41, 5.74) is 6.71. The number of hydrogen-bond donors (Lipinski definition) is 4. The standard InChI is InChI=1S/C20H25N6O4P/c1-22-20(28)24-17-10-15(18(19(21)27)26-25-17)23-14-8-7-13(9-16(14)30-2)31(29,11-3-4-11)12-5-6-12/h7-12H,3-6H2,1-2H3,(H2,21,27)(H3,22,23,24,25,28). The van der Waals surface area contributed by atoms with Gasteiger partial charge in [0.1, 0.15) is 12.9 Å². The van der Waals surface area contributed by atoms with Crippen LogP contribution < -0.4 is 31.7 Å². The van der Waals surface area contributed by atoms with E-state index >= 15 is 0 Å². The number of carbonyl (C=O) groups is 2. The Morgan fingerprint density at radius 3 is 2.32 bits per heavy atom. The van der Waals surface area contributed by atoms with Gasteiger partial charge in [0.15, 0.2) is 11.5 Å². The molecule has 2 saturated carbocycles. The number of nitrogens with one attached hydrogen (secondary N) is 3. The highest BCUT2D eigenvalue weighted by atomic mass is 31.2. The van der Waals surface area contributed by atoms with E-state index in [0.29, 0.717) is 11.4 Å². The summed E-state index contributed by atoms with van der Waals surface area (Å²) in [6.07, 6.45) is 4.06. The van der Waals surface area contributed by atoms with Crippen molar-refractivity contribution in [3.63, 3.8) is 0 Å². The number of hydrogen-bond acceptors (Lipinski definition) is 7. The summed E-state index contributed by atoms with van der Waals surface area (Å²) in [4.78, 5) is 23.4. The first kappa shape index (κ1) is 21.1. The van der Waals surface area contributed by atoms with Crippen molar-refractivity contribution in [1.29, 1.82) is 0 Å². The zero-order valence-corrected chi connectivity index (χ0v) is 18.2.